The second-order valence-electron chi connectivity index (χ2n) is 4.14. The van der Waals surface area contributed by atoms with Crippen molar-refractivity contribution < 1.29 is 4.21 Å². The van der Waals surface area contributed by atoms with Crippen molar-refractivity contribution in [3.8, 4) is 0 Å². The summed E-state index contributed by atoms with van der Waals surface area (Å²) in [6, 6.07) is 13.4. The lowest BCUT2D eigenvalue weighted by Crippen LogP contribution is -1.99. The van der Waals surface area contributed by atoms with Crippen LogP contribution < -0.4 is 5.73 Å². The summed E-state index contributed by atoms with van der Waals surface area (Å²) >= 11 is 3.39. The SMILES string of the molecule is Cc1cc(N)ccc1S(=O)Cc1ccc(Br)cc1. The van der Waals surface area contributed by atoms with Crippen molar-refractivity contribution >= 4 is 32.4 Å². The van der Waals surface area contributed by atoms with Crippen LogP contribution in [-0.4, -0.2) is 4.21 Å². The van der Waals surface area contributed by atoms with Crippen LogP contribution in [0.2, 0.25) is 0 Å². The molecule has 0 bridgehead atoms. The molecule has 0 aliphatic carbocycles. The van der Waals surface area contributed by atoms with E-state index in [1.165, 1.54) is 0 Å². The lowest BCUT2D eigenvalue weighted by atomic mass is 10.2. The van der Waals surface area contributed by atoms with Gasteiger partial charge in [0.1, 0.15) is 0 Å². The van der Waals surface area contributed by atoms with Crippen molar-refractivity contribution in [3.05, 3.63) is 58.1 Å². The number of nitrogen functional groups attached to an aromatic ring is 1. The molecule has 0 saturated heterocycles. The Morgan fingerprint density at radius 3 is 2.44 bits per heavy atom. The molecule has 2 nitrogen and oxygen atoms in total. The summed E-state index contributed by atoms with van der Waals surface area (Å²) in [4.78, 5) is 0.854. The highest BCUT2D eigenvalue weighted by Gasteiger charge is 2.08. The Hall–Kier alpha value is -1.13. The van der Waals surface area contributed by atoms with Gasteiger partial charge < -0.3 is 5.73 Å². The number of anilines is 1. The van der Waals surface area contributed by atoms with E-state index in [9.17, 15) is 4.21 Å². The van der Waals surface area contributed by atoms with Gasteiger partial charge in [0, 0.05) is 15.1 Å². The minimum Gasteiger partial charge on any atom is -0.399 e. The van der Waals surface area contributed by atoms with Gasteiger partial charge in [0.15, 0.2) is 0 Å². The van der Waals surface area contributed by atoms with E-state index in [4.69, 9.17) is 5.73 Å². The third kappa shape index (κ3) is 3.21. The van der Waals surface area contributed by atoms with Crippen LogP contribution in [0.1, 0.15) is 11.1 Å². The maximum Gasteiger partial charge on any atom is 0.0576 e. The molecule has 1 unspecified atom stereocenters. The third-order valence-corrected chi connectivity index (χ3v) is 4.73. The van der Waals surface area contributed by atoms with E-state index in [0.29, 0.717) is 11.4 Å². The molecule has 1 atom stereocenters. The van der Waals surface area contributed by atoms with E-state index in [1.807, 2.05) is 43.3 Å². The Morgan fingerprint density at radius 2 is 1.83 bits per heavy atom. The molecule has 0 aliphatic heterocycles. The van der Waals surface area contributed by atoms with Crippen LogP contribution in [0.5, 0.6) is 0 Å². The van der Waals surface area contributed by atoms with Crippen LogP contribution in [0, 0.1) is 6.92 Å². The Morgan fingerprint density at radius 1 is 1.17 bits per heavy atom. The Kier molecular flexibility index (Phi) is 4.19. The normalized spacial score (nSPS) is 12.3. The van der Waals surface area contributed by atoms with Gasteiger partial charge >= 0.3 is 0 Å². The fourth-order valence-corrected chi connectivity index (χ4v) is 3.29. The van der Waals surface area contributed by atoms with Crippen LogP contribution in [0.4, 0.5) is 5.69 Å². The topological polar surface area (TPSA) is 43.1 Å². The van der Waals surface area contributed by atoms with E-state index < -0.39 is 10.8 Å². The second kappa shape index (κ2) is 5.67. The molecule has 0 aromatic heterocycles. The summed E-state index contributed by atoms with van der Waals surface area (Å²) in [5.41, 5.74) is 8.44. The van der Waals surface area contributed by atoms with E-state index in [-0.39, 0.29) is 0 Å². The highest BCUT2D eigenvalue weighted by Crippen LogP contribution is 2.20. The Labute approximate surface area is 118 Å². The average Bonchev–Trinajstić information content (AvgIpc) is 2.32. The molecular weight excluding hydrogens is 310 g/mol. The standard InChI is InChI=1S/C14H14BrNOS/c1-10-8-13(16)6-7-14(10)18(17)9-11-2-4-12(15)5-3-11/h2-8H,9,16H2,1H3. The molecule has 4 heteroatoms. The number of hydrogen-bond donors (Lipinski definition) is 1. The van der Waals surface area contributed by atoms with Gasteiger partial charge in [-0.25, -0.2) is 0 Å². The van der Waals surface area contributed by atoms with Crippen LogP contribution in [-0.2, 0) is 16.6 Å². The van der Waals surface area contributed by atoms with Crippen LogP contribution >= 0.6 is 15.9 Å². The van der Waals surface area contributed by atoms with E-state index in [2.05, 4.69) is 15.9 Å². The van der Waals surface area contributed by atoms with Gasteiger partial charge in [0.25, 0.3) is 0 Å². The van der Waals surface area contributed by atoms with Gasteiger partial charge in [-0.1, -0.05) is 28.1 Å². The summed E-state index contributed by atoms with van der Waals surface area (Å²) in [6.07, 6.45) is 0. The number of nitrogens with two attached hydrogens (primary N) is 1. The molecule has 2 aromatic rings. The number of rotatable bonds is 3. The smallest absolute Gasteiger partial charge is 0.0576 e. The van der Waals surface area contributed by atoms with Gasteiger partial charge in [-0.2, -0.15) is 0 Å². The van der Waals surface area contributed by atoms with Gasteiger partial charge in [-0.15, -0.1) is 0 Å². The first kappa shape index (κ1) is 13.3. The first-order chi connectivity index (χ1) is 8.56. The molecule has 0 spiro atoms. The van der Waals surface area contributed by atoms with Gasteiger partial charge in [-0.3, -0.25) is 4.21 Å². The van der Waals surface area contributed by atoms with E-state index in [1.54, 1.807) is 6.07 Å². The van der Waals surface area contributed by atoms with Crippen molar-refractivity contribution in [2.24, 2.45) is 0 Å². The zero-order valence-electron chi connectivity index (χ0n) is 10.0. The Bertz CT molecular complexity index is 581. The first-order valence-corrected chi connectivity index (χ1v) is 7.66. The lowest BCUT2D eigenvalue weighted by molar-refractivity contribution is 0.682. The van der Waals surface area contributed by atoms with Gasteiger partial charge in [0.2, 0.25) is 0 Å². The molecule has 2 N–H and O–H groups in total. The molecule has 18 heavy (non-hydrogen) atoms. The Balaban J connectivity index is 2.19. The minimum absolute atomic E-state index is 0.526. The lowest BCUT2D eigenvalue weighted by Gasteiger charge is -2.07. The zero-order valence-corrected chi connectivity index (χ0v) is 12.4. The molecule has 2 aromatic carbocycles. The third-order valence-electron chi connectivity index (χ3n) is 2.66. The average molecular weight is 324 g/mol. The van der Waals surface area contributed by atoms with Crippen molar-refractivity contribution in [3.63, 3.8) is 0 Å². The highest BCUT2D eigenvalue weighted by atomic mass is 79.9. The number of benzene rings is 2. The molecule has 0 saturated carbocycles. The van der Waals surface area contributed by atoms with Crippen molar-refractivity contribution in [1.82, 2.24) is 0 Å². The van der Waals surface area contributed by atoms with Crippen LogP contribution in [0.25, 0.3) is 0 Å². The van der Waals surface area contributed by atoms with Crippen molar-refractivity contribution in [1.29, 1.82) is 0 Å². The summed E-state index contributed by atoms with van der Waals surface area (Å²) in [5.74, 6) is 0.526. The van der Waals surface area contributed by atoms with Crippen LogP contribution in [0.3, 0.4) is 0 Å². The van der Waals surface area contributed by atoms with Crippen LogP contribution in [0.15, 0.2) is 51.8 Å². The monoisotopic (exact) mass is 323 g/mol. The molecule has 0 heterocycles. The summed E-state index contributed by atoms with van der Waals surface area (Å²) < 4.78 is 13.3. The predicted molar refractivity (Wildman–Crippen MR) is 79.8 cm³/mol. The number of hydrogen-bond acceptors (Lipinski definition) is 2. The summed E-state index contributed by atoms with van der Waals surface area (Å²) in [7, 11) is -1.03. The predicted octanol–water partition coefficient (Wildman–Crippen LogP) is 3.65. The van der Waals surface area contributed by atoms with Gasteiger partial charge in [-0.05, 0) is 48.4 Å². The van der Waals surface area contributed by atoms with E-state index >= 15 is 0 Å². The zero-order chi connectivity index (χ0) is 13.1. The number of halogens is 1. The quantitative estimate of drug-likeness (QED) is 0.876. The molecule has 94 valence electrons. The van der Waals surface area contributed by atoms with Crippen molar-refractivity contribution in [2.75, 3.05) is 5.73 Å². The summed E-state index contributed by atoms with van der Waals surface area (Å²) in [5, 5.41) is 0. The fraction of sp³-hybridized carbons (Fsp3) is 0.143. The van der Waals surface area contributed by atoms with E-state index in [0.717, 1.165) is 20.5 Å². The van der Waals surface area contributed by atoms with Gasteiger partial charge in [0.05, 0.1) is 16.6 Å². The largest absolute Gasteiger partial charge is 0.399 e. The minimum atomic E-state index is -1.03. The summed E-state index contributed by atoms with van der Waals surface area (Å²) in [6.45, 7) is 1.94. The first-order valence-electron chi connectivity index (χ1n) is 5.55. The molecule has 0 aliphatic rings. The molecule has 0 radical (unpaired) electrons. The highest BCUT2D eigenvalue weighted by molar-refractivity contribution is 9.10. The molecule has 2 rings (SSSR count). The fourth-order valence-electron chi connectivity index (χ4n) is 1.74. The molecule has 0 amide bonds. The van der Waals surface area contributed by atoms with Crippen molar-refractivity contribution in [2.45, 2.75) is 17.6 Å². The second-order valence-corrected chi connectivity index (χ2v) is 6.48. The molecule has 0 fully saturated rings. The number of aryl methyl sites for hydroxylation is 1. The maximum absolute atomic E-state index is 12.3. The molecular formula is C14H14BrNOS. The maximum atomic E-state index is 12.3.